The van der Waals surface area contributed by atoms with Crippen LogP contribution in [-0.2, 0) is 0 Å². The van der Waals surface area contributed by atoms with Gasteiger partial charge in [-0.2, -0.15) is 0 Å². The first-order valence-electron chi connectivity index (χ1n) is 9.75. The van der Waals surface area contributed by atoms with Gasteiger partial charge in [0.1, 0.15) is 5.82 Å². The molecule has 0 aromatic carbocycles. The van der Waals surface area contributed by atoms with Crippen LogP contribution in [0.2, 0.25) is 0 Å². The monoisotopic (exact) mass is 342 g/mol. The largest absolute Gasteiger partial charge is 0.383 e. The number of nitrogens with one attached hydrogen (secondary N) is 3. The zero-order valence-electron chi connectivity index (χ0n) is 15.0. The number of anilines is 2. The van der Waals surface area contributed by atoms with Crippen molar-refractivity contribution in [3.8, 4) is 0 Å². The Labute approximate surface area is 150 Å². The van der Waals surface area contributed by atoms with E-state index in [0.29, 0.717) is 11.9 Å². The Hall–Kier alpha value is -2.04. The lowest BCUT2D eigenvalue weighted by atomic mass is 9.96. The van der Waals surface area contributed by atoms with Gasteiger partial charge in [-0.3, -0.25) is 5.32 Å². The molecule has 1 fully saturated rings. The minimum absolute atomic E-state index is 0.149. The zero-order valence-corrected chi connectivity index (χ0v) is 15.0. The summed E-state index contributed by atoms with van der Waals surface area (Å²) in [7, 11) is 0. The molecule has 1 aromatic heterocycles. The van der Waals surface area contributed by atoms with Gasteiger partial charge in [0.25, 0.3) is 0 Å². The van der Waals surface area contributed by atoms with Crippen molar-refractivity contribution in [1.29, 1.82) is 0 Å². The van der Waals surface area contributed by atoms with Crippen LogP contribution in [0.4, 0.5) is 16.3 Å². The first kappa shape index (κ1) is 17.8. The lowest BCUT2D eigenvalue weighted by Crippen LogP contribution is -2.39. The molecule has 1 saturated carbocycles. The molecular weight excluding hydrogens is 312 g/mol. The molecule has 2 aliphatic carbocycles. The summed E-state index contributed by atoms with van der Waals surface area (Å²) in [6, 6.07) is 3.98. The smallest absolute Gasteiger partial charge is 0.320 e. The maximum atomic E-state index is 12.0. The van der Waals surface area contributed by atoms with E-state index in [0.717, 1.165) is 31.5 Å². The van der Waals surface area contributed by atoms with E-state index in [4.69, 9.17) is 0 Å². The van der Waals surface area contributed by atoms with Gasteiger partial charge in [0.2, 0.25) is 0 Å². The number of rotatable bonds is 6. The second-order valence-corrected chi connectivity index (χ2v) is 7.15. The maximum Gasteiger partial charge on any atom is 0.320 e. The zero-order chi connectivity index (χ0) is 17.3. The normalized spacial score (nSPS) is 18.3. The Morgan fingerprint density at radius 2 is 2.00 bits per heavy atom. The third-order valence-corrected chi connectivity index (χ3v) is 5.11. The van der Waals surface area contributed by atoms with Crippen LogP contribution in [0.25, 0.3) is 0 Å². The quantitative estimate of drug-likeness (QED) is 0.648. The van der Waals surface area contributed by atoms with Crippen molar-refractivity contribution >= 4 is 17.5 Å². The van der Waals surface area contributed by atoms with E-state index >= 15 is 0 Å². The topological polar surface area (TPSA) is 66.0 Å². The van der Waals surface area contributed by atoms with E-state index < -0.39 is 0 Å². The lowest BCUT2D eigenvalue weighted by Gasteiger charge is -2.22. The molecule has 5 nitrogen and oxygen atoms in total. The van der Waals surface area contributed by atoms with Gasteiger partial charge in [-0.15, -0.1) is 0 Å². The number of aromatic nitrogens is 1. The summed E-state index contributed by atoms with van der Waals surface area (Å²) in [6.45, 7) is 0.933. The SMILES string of the molecule is O=C(Nc1ccc(NCCC2=CCCCC2)cn1)NC1CCCCC1. The number of carbonyl (C=O) groups excluding carboxylic acids is 1. The molecule has 0 aliphatic heterocycles. The van der Waals surface area contributed by atoms with Crippen LogP contribution in [0.1, 0.15) is 64.2 Å². The van der Waals surface area contributed by atoms with Gasteiger partial charge in [0.15, 0.2) is 0 Å². The average Bonchev–Trinajstić information content (AvgIpc) is 2.65. The number of allylic oxidation sites excluding steroid dienone is 1. The fourth-order valence-corrected chi connectivity index (χ4v) is 3.66. The number of hydrogen-bond acceptors (Lipinski definition) is 3. The molecule has 0 unspecified atom stereocenters. The fourth-order valence-electron chi connectivity index (χ4n) is 3.66. The third-order valence-electron chi connectivity index (χ3n) is 5.11. The molecule has 136 valence electrons. The number of pyridine rings is 1. The summed E-state index contributed by atoms with van der Waals surface area (Å²) in [5.41, 5.74) is 2.57. The summed E-state index contributed by atoms with van der Waals surface area (Å²) < 4.78 is 0. The molecule has 0 radical (unpaired) electrons. The molecule has 5 heteroatoms. The van der Waals surface area contributed by atoms with Crippen molar-refractivity contribution in [2.75, 3.05) is 17.2 Å². The van der Waals surface area contributed by atoms with Crippen molar-refractivity contribution in [2.45, 2.75) is 70.3 Å². The Morgan fingerprint density at radius 1 is 1.12 bits per heavy atom. The molecule has 3 N–H and O–H groups in total. The van der Waals surface area contributed by atoms with Gasteiger partial charge in [-0.05, 0) is 57.1 Å². The summed E-state index contributed by atoms with van der Waals surface area (Å²) >= 11 is 0. The summed E-state index contributed by atoms with van der Waals surface area (Å²) in [6.07, 6.45) is 16.3. The van der Waals surface area contributed by atoms with Crippen molar-refractivity contribution in [2.24, 2.45) is 0 Å². The number of urea groups is 1. The Kier molecular flexibility index (Phi) is 6.71. The predicted molar refractivity (Wildman–Crippen MR) is 103 cm³/mol. The Bertz CT molecular complexity index is 576. The number of amides is 2. The number of nitrogens with zero attached hydrogens (tertiary/aromatic N) is 1. The molecule has 0 saturated heterocycles. The minimum Gasteiger partial charge on any atom is -0.383 e. The molecule has 0 spiro atoms. The van der Waals surface area contributed by atoms with Crippen molar-refractivity contribution < 1.29 is 4.79 Å². The molecule has 25 heavy (non-hydrogen) atoms. The van der Waals surface area contributed by atoms with Crippen molar-refractivity contribution in [3.63, 3.8) is 0 Å². The second kappa shape index (κ2) is 9.44. The summed E-state index contributed by atoms with van der Waals surface area (Å²) in [4.78, 5) is 16.4. The summed E-state index contributed by atoms with van der Waals surface area (Å²) in [5.74, 6) is 0.592. The minimum atomic E-state index is -0.149. The molecule has 3 rings (SSSR count). The molecule has 0 atom stereocenters. The molecule has 2 amide bonds. The molecule has 0 bridgehead atoms. The van der Waals surface area contributed by atoms with Gasteiger partial charge < -0.3 is 10.6 Å². The number of hydrogen-bond donors (Lipinski definition) is 3. The fraction of sp³-hybridized carbons (Fsp3) is 0.600. The highest BCUT2D eigenvalue weighted by atomic mass is 16.2. The molecule has 1 heterocycles. The highest BCUT2D eigenvalue weighted by Crippen LogP contribution is 2.20. The second-order valence-electron chi connectivity index (χ2n) is 7.15. The van der Waals surface area contributed by atoms with Gasteiger partial charge >= 0.3 is 6.03 Å². The Morgan fingerprint density at radius 3 is 2.72 bits per heavy atom. The van der Waals surface area contributed by atoms with Crippen LogP contribution >= 0.6 is 0 Å². The van der Waals surface area contributed by atoms with Gasteiger partial charge in [-0.1, -0.05) is 30.9 Å². The van der Waals surface area contributed by atoms with Gasteiger partial charge in [0.05, 0.1) is 11.9 Å². The lowest BCUT2D eigenvalue weighted by molar-refractivity contribution is 0.244. The first-order chi connectivity index (χ1) is 12.3. The first-order valence-corrected chi connectivity index (χ1v) is 9.75. The van der Waals surface area contributed by atoms with Crippen LogP contribution < -0.4 is 16.0 Å². The molecule has 1 aromatic rings. The van der Waals surface area contributed by atoms with E-state index in [1.807, 2.05) is 12.1 Å². The Balaban J connectivity index is 1.39. The molecular formula is C20H30N4O. The van der Waals surface area contributed by atoms with Gasteiger partial charge in [-0.25, -0.2) is 9.78 Å². The van der Waals surface area contributed by atoms with E-state index in [2.05, 4.69) is 27.0 Å². The average molecular weight is 342 g/mol. The number of carbonyl (C=O) groups is 1. The standard InChI is InChI=1S/C20H30N4O/c25-20(23-17-9-5-2-6-10-17)24-19-12-11-18(15-22-19)21-14-13-16-7-3-1-4-8-16/h7,11-12,15,17,21H,1-6,8-10,13-14H2,(H2,22,23,24,25). The third kappa shape index (κ3) is 6.07. The van der Waals surface area contributed by atoms with Crippen LogP contribution in [0, 0.1) is 0 Å². The van der Waals surface area contributed by atoms with Crippen molar-refractivity contribution in [3.05, 3.63) is 30.0 Å². The predicted octanol–water partition coefficient (Wildman–Crippen LogP) is 4.84. The van der Waals surface area contributed by atoms with E-state index in [1.54, 1.807) is 11.8 Å². The van der Waals surface area contributed by atoms with Crippen molar-refractivity contribution in [1.82, 2.24) is 10.3 Å². The van der Waals surface area contributed by atoms with Gasteiger partial charge in [0, 0.05) is 12.6 Å². The highest BCUT2D eigenvalue weighted by molar-refractivity contribution is 5.88. The van der Waals surface area contributed by atoms with E-state index in [-0.39, 0.29) is 6.03 Å². The molecule has 2 aliphatic rings. The maximum absolute atomic E-state index is 12.0. The van der Waals surface area contributed by atoms with E-state index in [9.17, 15) is 4.79 Å². The van der Waals surface area contributed by atoms with Crippen LogP contribution in [0.5, 0.6) is 0 Å². The van der Waals surface area contributed by atoms with Crippen LogP contribution in [-0.4, -0.2) is 23.6 Å². The summed E-state index contributed by atoms with van der Waals surface area (Å²) in [5, 5.41) is 9.27. The van der Waals surface area contributed by atoms with E-state index in [1.165, 1.54) is 44.9 Å². The van der Waals surface area contributed by atoms with Crippen LogP contribution in [0.3, 0.4) is 0 Å². The van der Waals surface area contributed by atoms with Crippen LogP contribution in [0.15, 0.2) is 30.0 Å². The highest BCUT2D eigenvalue weighted by Gasteiger charge is 2.15.